The third-order valence-electron chi connectivity index (χ3n) is 6.86. The topological polar surface area (TPSA) is 131 Å². The molecule has 0 radical (unpaired) electrons. The van der Waals surface area contributed by atoms with Crippen LogP contribution in [0.25, 0.3) is 0 Å². The number of amides is 2. The summed E-state index contributed by atoms with van der Waals surface area (Å²) in [6, 6.07) is 21.1. The molecule has 0 unspecified atom stereocenters. The third-order valence-corrected chi connectivity index (χ3v) is 6.86. The molecule has 0 saturated heterocycles. The first-order valence-electron chi connectivity index (χ1n) is 13.5. The monoisotopic (exact) mass is 545 g/mol. The largest absolute Gasteiger partial charge is 0.508 e. The van der Waals surface area contributed by atoms with Gasteiger partial charge in [-0.05, 0) is 66.6 Å². The maximum absolute atomic E-state index is 12.9. The average molecular weight is 546 g/mol. The van der Waals surface area contributed by atoms with E-state index in [2.05, 4.69) is 10.6 Å². The number of hydrogen-bond acceptors (Lipinski definition) is 6. The van der Waals surface area contributed by atoms with E-state index in [0.29, 0.717) is 12.8 Å². The summed E-state index contributed by atoms with van der Waals surface area (Å²) in [6.45, 7) is 5.73. The van der Waals surface area contributed by atoms with Crippen molar-refractivity contribution in [1.29, 1.82) is 0 Å². The van der Waals surface area contributed by atoms with Crippen LogP contribution >= 0.6 is 0 Å². The van der Waals surface area contributed by atoms with Crippen molar-refractivity contribution in [3.8, 4) is 5.75 Å². The summed E-state index contributed by atoms with van der Waals surface area (Å²) < 4.78 is 5.37. The van der Waals surface area contributed by atoms with Crippen molar-refractivity contribution in [3.63, 3.8) is 0 Å². The van der Waals surface area contributed by atoms with Gasteiger partial charge < -0.3 is 26.2 Å². The Morgan fingerprint density at radius 2 is 1.48 bits per heavy atom. The molecule has 0 aromatic heterocycles. The summed E-state index contributed by atoms with van der Waals surface area (Å²) >= 11 is 0. The molecule has 40 heavy (non-hydrogen) atoms. The molecule has 3 rings (SSSR count). The van der Waals surface area contributed by atoms with Crippen molar-refractivity contribution in [2.75, 3.05) is 6.54 Å². The van der Waals surface area contributed by atoms with E-state index in [1.54, 1.807) is 19.1 Å². The molecule has 0 bridgehead atoms. The standard InChI is InChI=1S/C32H39N3O5/c1-21-14-27(36)15-22(2)28(21)18-29(33)30(37)16-23(3)31(38)34-19-26(17-24-10-6-4-7-11-24)35-32(39)40-20-25-12-8-5-9-13-25/h4-15,23,26,29,36H,16-20,33H2,1-3H3,(H,34,38)(H,35,39)/t23-,26-,29-/m0/s1. The van der Waals surface area contributed by atoms with E-state index >= 15 is 0 Å². The number of ether oxygens (including phenoxy) is 1. The van der Waals surface area contributed by atoms with E-state index in [-0.39, 0.29) is 37.0 Å². The predicted octanol–water partition coefficient (Wildman–Crippen LogP) is 4.13. The average Bonchev–Trinajstić information content (AvgIpc) is 2.93. The first kappa shape index (κ1) is 30.4. The number of phenols is 1. The van der Waals surface area contributed by atoms with E-state index in [0.717, 1.165) is 27.8 Å². The van der Waals surface area contributed by atoms with Crippen LogP contribution in [0.15, 0.2) is 72.8 Å². The number of benzene rings is 3. The van der Waals surface area contributed by atoms with Gasteiger partial charge in [0.1, 0.15) is 12.4 Å². The minimum absolute atomic E-state index is 0.000916. The van der Waals surface area contributed by atoms with Crippen molar-refractivity contribution >= 4 is 17.8 Å². The van der Waals surface area contributed by atoms with Gasteiger partial charge in [-0.1, -0.05) is 67.6 Å². The molecule has 8 nitrogen and oxygen atoms in total. The number of aryl methyl sites for hydroxylation is 2. The summed E-state index contributed by atoms with van der Waals surface area (Å²) in [4.78, 5) is 38.2. The number of nitrogens with one attached hydrogen (secondary N) is 2. The second kappa shape index (κ2) is 14.8. The number of carbonyl (C=O) groups excluding carboxylic acids is 3. The van der Waals surface area contributed by atoms with Crippen molar-refractivity contribution < 1.29 is 24.2 Å². The molecule has 212 valence electrons. The van der Waals surface area contributed by atoms with E-state index in [9.17, 15) is 19.5 Å². The van der Waals surface area contributed by atoms with Crippen LogP contribution < -0.4 is 16.4 Å². The lowest BCUT2D eigenvalue weighted by molar-refractivity contribution is -0.129. The van der Waals surface area contributed by atoms with E-state index in [1.807, 2.05) is 74.5 Å². The molecule has 0 heterocycles. The normalized spacial score (nSPS) is 13.1. The highest BCUT2D eigenvalue weighted by molar-refractivity contribution is 5.89. The molecule has 0 aliphatic rings. The number of alkyl carbamates (subject to hydrolysis) is 1. The molecular formula is C32H39N3O5. The van der Waals surface area contributed by atoms with Gasteiger partial charge in [-0.25, -0.2) is 4.79 Å². The Kier molecular flexibility index (Phi) is 11.3. The smallest absolute Gasteiger partial charge is 0.407 e. The first-order chi connectivity index (χ1) is 19.1. The molecule has 0 fully saturated rings. The van der Waals surface area contributed by atoms with E-state index in [1.165, 1.54) is 0 Å². The zero-order valence-corrected chi connectivity index (χ0v) is 23.4. The van der Waals surface area contributed by atoms with Crippen molar-refractivity contribution in [2.45, 2.75) is 58.7 Å². The minimum atomic E-state index is -0.760. The molecular weight excluding hydrogens is 506 g/mol. The number of phenolic OH excluding ortho intramolecular Hbond substituents is 1. The zero-order valence-electron chi connectivity index (χ0n) is 23.4. The molecule has 0 spiro atoms. The van der Waals surface area contributed by atoms with Gasteiger partial charge in [0.25, 0.3) is 0 Å². The van der Waals surface area contributed by atoms with Crippen LogP contribution in [-0.4, -0.2) is 41.5 Å². The van der Waals surface area contributed by atoms with Gasteiger partial charge in [0.05, 0.1) is 12.1 Å². The molecule has 8 heteroatoms. The number of carbonyl (C=O) groups is 3. The fraction of sp³-hybridized carbons (Fsp3) is 0.344. The van der Waals surface area contributed by atoms with Gasteiger partial charge in [-0.3, -0.25) is 9.59 Å². The fourth-order valence-corrected chi connectivity index (χ4v) is 4.57. The summed E-state index contributed by atoms with van der Waals surface area (Å²) in [5.74, 6) is -0.926. The number of Topliss-reactive ketones (excluding diaryl/α,β-unsaturated/α-hetero) is 1. The van der Waals surface area contributed by atoms with Crippen LogP contribution in [0.5, 0.6) is 5.75 Å². The quantitative estimate of drug-likeness (QED) is 0.256. The minimum Gasteiger partial charge on any atom is -0.508 e. The number of aromatic hydroxyl groups is 1. The van der Waals surface area contributed by atoms with Crippen molar-refractivity contribution in [1.82, 2.24) is 10.6 Å². The summed E-state index contributed by atoms with van der Waals surface area (Å²) in [5, 5.41) is 15.5. The second-order valence-electron chi connectivity index (χ2n) is 10.3. The molecule has 2 amide bonds. The number of rotatable bonds is 13. The highest BCUT2D eigenvalue weighted by Crippen LogP contribution is 2.22. The maximum atomic E-state index is 12.9. The van der Waals surface area contributed by atoms with Gasteiger partial charge in [-0.15, -0.1) is 0 Å². The number of ketones is 1. The highest BCUT2D eigenvalue weighted by atomic mass is 16.5. The Hall–Kier alpha value is -4.17. The van der Waals surface area contributed by atoms with E-state index in [4.69, 9.17) is 10.5 Å². The summed E-state index contributed by atoms with van der Waals surface area (Å²) in [6.07, 6.45) is 0.247. The SMILES string of the molecule is Cc1cc(O)cc(C)c1C[C@H](N)C(=O)C[C@H](C)C(=O)NC[C@H](Cc1ccccc1)NC(=O)OCc1ccccc1. The van der Waals surface area contributed by atoms with Crippen LogP contribution in [0.3, 0.4) is 0 Å². The maximum Gasteiger partial charge on any atom is 0.407 e. The van der Waals surface area contributed by atoms with Gasteiger partial charge in [-0.2, -0.15) is 0 Å². The molecule has 5 N–H and O–H groups in total. The fourth-order valence-electron chi connectivity index (χ4n) is 4.57. The molecule has 0 aliphatic heterocycles. The van der Waals surface area contributed by atoms with Crippen LogP contribution in [0.2, 0.25) is 0 Å². The molecule has 0 saturated carbocycles. The summed E-state index contributed by atoms with van der Waals surface area (Å²) in [5.41, 5.74) is 10.7. The number of hydrogen-bond donors (Lipinski definition) is 4. The summed E-state index contributed by atoms with van der Waals surface area (Å²) in [7, 11) is 0. The lowest BCUT2D eigenvalue weighted by Gasteiger charge is -2.21. The van der Waals surface area contributed by atoms with Gasteiger partial charge in [0.15, 0.2) is 5.78 Å². The highest BCUT2D eigenvalue weighted by Gasteiger charge is 2.24. The zero-order chi connectivity index (χ0) is 29.1. The third kappa shape index (κ3) is 9.54. The molecule has 0 aliphatic carbocycles. The molecule has 3 aromatic rings. The Balaban J connectivity index is 1.54. The second-order valence-corrected chi connectivity index (χ2v) is 10.3. The lowest BCUT2D eigenvalue weighted by atomic mass is 9.91. The van der Waals surface area contributed by atoms with Crippen LogP contribution in [-0.2, 0) is 33.8 Å². The van der Waals surface area contributed by atoms with Crippen LogP contribution in [0.1, 0.15) is 41.2 Å². The van der Waals surface area contributed by atoms with Crippen molar-refractivity contribution in [3.05, 3.63) is 101 Å². The van der Waals surface area contributed by atoms with Gasteiger partial charge >= 0.3 is 6.09 Å². The van der Waals surface area contributed by atoms with Gasteiger partial charge in [0, 0.05) is 18.9 Å². The van der Waals surface area contributed by atoms with E-state index < -0.39 is 24.1 Å². The number of nitrogens with two attached hydrogens (primary N) is 1. The lowest BCUT2D eigenvalue weighted by Crippen LogP contribution is -2.46. The molecule has 3 aromatic carbocycles. The Labute approximate surface area is 235 Å². The Bertz CT molecular complexity index is 1260. The Morgan fingerprint density at radius 1 is 0.900 bits per heavy atom. The van der Waals surface area contributed by atoms with Crippen molar-refractivity contribution in [2.24, 2.45) is 11.7 Å². The molecule has 3 atom stereocenters. The Morgan fingerprint density at radius 3 is 2.08 bits per heavy atom. The van der Waals surface area contributed by atoms with Crippen LogP contribution in [0, 0.1) is 19.8 Å². The predicted molar refractivity (Wildman–Crippen MR) is 155 cm³/mol. The van der Waals surface area contributed by atoms with Gasteiger partial charge in [0.2, 0.25) is 5.91 Å². The first-order valence-corrected chi connectivity index (χ1v) is 13.5. The van der Waals surface area contributed by atoms with Crippen LogP contribution in [0.4, 0.5) is 4.79 Å².